The van der Waals surface area contributed by atoms with Gasteiger partial charge in [-0.15, -0.1) is 0 Å². The van der Waals surface area contributed by atoms with Crippen LogP contribution >= 0.6 is 0 Å². The van der Waals surface area contributed by atoms with E-state index >= 15 is 0 Å². The number of hydrogen-bond donors (Lipinski definition) is 0. The second-order valence-electron chi connectivity index (χ2n) is 6.06. The highest BCUT2D eigenvalue weighted by atomic mass is 19.3. The zero-order valence-corrected chi connectivity index (χ0v) is 15.8. The fourth-order valence-electron chi connectivity index (χ4n) is 2.98. The van der Waals surface area contributed by atoms with E-state index in [1.54, 1.807) is 23.1 Å². The third kappa shape index (κ3) is 5.07. The molecule has 0 saturated heterocycles. The van der Waals surface area contributed by atoms with Gasteiger partial charge in [-0.25, -0.2) is 0 Å². The lowest BCUT2D eigenvalue weighted by atomic mass is 10.1. The van der Waals surface area contributed by atoms with Gasteiger partial charge in [0.25, 0.3) is 5.91 Å². The van der Waals surface area contributed by atoms with E-state index in [1.165, 1.54) is 12.3 Å². The standard InChI is InChI=1S/C22H20F2N2O3/c1-2-26(19-12-7-10-16-8-3-5-11-18(16)19)21(27)15-28-25-14-17-9-4-6-13-20(17)29-22(23)24/h3-14,22H,2,15H2,1H3/b25-14+. The van der Waals surface area contributed by atoms with Crippen molar-refractivity contribution in [1.29, 1.82) is 0 Å². The van der Waals surface area contributed by atoms with Gasteiger partial charge in [-0.05, 0) is 30.5 Å². The van der Waals surface area contributed by atoms with Crippen LogP contribution < -0.4 is 9.64 Å². The fraction of sp³-hybridized carbons (Fsp3) is 0.182. The van der Waals surface area contributed by atoms with Gasteiger partial charge in [0.05, 0.1) is 11.9 Å². The summed E-state index contributed by atoms with van der Waals surface area (Å²) in [5.74, 6) is -0.287. The molecule has 0 aliphatic carbocycles. The lowest BCUT2D eigenvalue weighted by Crippen LogP contribution is -2.33. The Labute approximate surface area is 167 Å². The van der Waals surface area contributed by atoms with Gasteiger partial charge >= 0.3 is 6.61 Å². The van der Waals surface area contributed by atoms with Crippen molar-refractivity contribution in [2.75, 3.05) is 18.1 Å². The summed E-state index contributed by atoms with van der Waals surface area (Å²) in [5.41, 5.74) is 1.11. The molecule has 0 aromatic heterocycles. The molecule has 0 bridgehead atoms. The molecule has 0 aliphatic rings. The maximum absolute atomic E-state index is 12.6. The van der Waals surface area contributed by atoms with Crippen LogP contribution in [0.3, 0.4) is 0 Å². The summed E-state index contributed by atoms with van der Waals surface area (Å²) in [6.07, 6.45) is 1.24. The van der Waals surface area contributed by atoms with E-state index in [-0.39, 0.29) is 18.3 Å². The van der Waals surface area contributed by atoms with Gasteiger partial charge in [0.15, 0.2) is 6.61 Å². The zero-order valence-electron chi connectivity index (χ0n) is 15.8. The van der Waals surface area contributed by atoms with Crippen molar-refractivity contribution in [3.8, 4) is 5.75 Å². The molecule has 29 heavy (non-hydrogen) atoms. The molecular formula is C22H20F2N2O3. The highest BCUT2D eigenvalue weighted by molar-refractivity contribution is 6.04. The molecule has 0 atom stereocenters. The highest BCUT2D eigenvalue weighted by Crippen LogP contribution is 2.26. The molecule has 3 rings (SSSR count). The maximum atomic E-state index is 12.6. The second-order valence-corrected chi connectivity index (χ2v) is 6.06. The molecule has 0 spiro atoms. The summed E-state index contributed by atoms with van der Waals surface area (Å²) < 4.78 is 29.3. The minimum Gasteiger partial charge on any atom is -0.434 e. The molecule has 0 N–H and O–H groups in total. The number of fused-ring (bicyclic) bond motifs is 1. The molecule has 7 heteroatoms. The number of ether oxygens (including phenoxy) is 1. The number of likely N-dealkylation sites (N-methyl/N-ethyl adjacent to an activating group) is 1. The monoisotopic (exact) mass is 398 g/mol. The van der Waals surface area contributed by atoms with Crippen molar-refractivity contribution >= 4 is 28.6 Å². The van der Waals surface area contributed by atoms with E-state index in [4.69, 9.17) is 4.84 Å². The Hall–Kier alpha value is -3.48. The average Bonchev–Trinajstić information content (AvgIpc) is 2.72. The van der Waals surface area contributed by atoms with Crippen molar-refractivity contribution in [3.05, 3.63) is 72.3 Å². The summed E-state index contributed by atoms with van der Waals surface area (Å²) in [7, 11) is 0. The van der Waals surface area contributed by atoms with Gasteiger partial charge in [-0.2, -0.15) is 8.78 Å². The number of hydrogen-bond acceptors (Lipinski definition) is 4. The van der Waals surface area contributed by atoms with Crippen LogP contribution in [0, 0.1) is 0 Å². The van der Waals surface area contributed by atoms with Crippen LogP contribution in [0.15, 0.2) is 71.9 Å². The summed E-state index contributed by atoms with van der Waals surface area (Å²) in [6, 6.07) is 19.7. The molecule has 0 saturated carbocycles. The van der Waals surface area contributed by atoms with Gasteiger partial charge < -0.3 is 14.5 Å². The number of carbonyl (C=O) groups is 1. The predicted molar refractivity (Wildman–Crippen MR) is 109 cm³/mol. The lowest BCUT2D eigenvalue weighted by Gasteiger charge is -2.22. The van der Waals surface area contributed by atoms with Crippen molar-refractivity contribution < 1.29 is 23.1 Å². The van der Waals surface area contributed by atoms with Gasteiger partial charge in [0.2, 0.25) is 0 Å². The number of para-hydroxylation sites is 1. The van der Waals surface area contributed by atoms with E-state index in [0.717, 1.165) is 16.5 Å². The normalized spacial score (nSPS) is 11.2. The van der Waals surface area contributed by atoms with E-state index in [2.05, 4.69) is 9.89 Å². The van der Waals surface area contributed by atoms with Crippen LogP contribution in [0.4, 0.5) is 14.5 Å². The average molecular weight is 398 g/mol. The zero-order chi connectivity index (χ0) is 20.6. The number of alkyl halides is 2. The molecular weight excluding hydrogens is 378 g/mol. The smallest absolute Gasteiger partial charge is 0.387 e. The quantitative estimate of drug-likeness (QED) is 0.403. The Morgan fingerprint density at radius 1 is 1.07 bits per heavy atom. The van der Waals surface area contributed by atoms with Crippen LogP contribution in [0.2, 0.25) is 0 Å². The molecule has 0 heterocycles. The largest absolute Gasteiger partial charge is 0.434 e. The lowest BCUT2D eigenvalue weighted by molar-refractivity contribution is -0.123. The Morgan fingerprint density at radius 3 is 2.59 bits per heavy atom. The van der Waals surface area contributed by atoms with Crippen LogP contribution in [0.25, 0.3) is 10.8 Å². The molecule has 0 radical (unpaired) electrons. The van der Waals surface area contributed by atoms with Crippen molar-refractivity contribution in [3.63, 3.8) is 0 Å². The van der Waals surface area contributed by atoms with E-state index in [9.17, 15) is 13.6 Å². The number of amides is 1. The fourth-order valence-corrected chi connectivity index (χ4v) is 2.98. The number of nitrogens with zero attached hydrogens (tertiary/aromatic N) is 2. The number of oxime groups is 1. The van der Waals surface area contributed by atoms with Gasteiger partial charge in [0, 0.05) is 17.5 Å². The van der Waals surface area contributed by atoms with E-state index < -0.39 is 6.61 Å². The van der Waals surface area contributed by atoms with E-state index in [1.807, 2.05) is 49.4 Å². The first-order valence-corrected chi connectivity index (χ1v) is 9.07. The Bertz CT molecular complexity index is 1000. The summed E-state index contributed by atoms with van der Waals surface area (Å²) >= 11 is 0. The van der Waals surface area contributed by atoms with Crippen molar-refractivity contribution in [2.45, 2.75) is 13.5 Å². The summed E-state index contributed by atoms with van der Waals surface area (Å²) in [5, 5.41) is 5.72. The molecule has 1 amide bonds. The third-order valence-corrected chi connectivity index (χ3v) is 4.26. The number of anilines is 1. The molecule has 5 nitrogen and oxygen atoms in total. The number of carbonyl (C=O) groups excluding carboxylic acids is 1. The third-order valence-electron chi connectivity index (χ3n) is 4.26. The summed E-state index contributed by atoms with van der Waals surface area (Å²) in [4.78, 5) is 19.4. The Kier molecular flexibility index (Phi) is 6.73. The first-order valence-electron chi connectivity index (χ1n) is 9.07. The van der Waals surface area contributed by atoms with Crippen molar-refractivity contribution in [1.82, 2.24) is 0 Å². The van der Waals surface area contributed by atoms with Crippen LogP contribution in [-0.2, 0) is 9.63 Å². The Balaban J connectivity index is 1.68. The second kappa shape index (κ2) is 9.64. The van der Waals surface area contributed by atoms with Crippen molar-refractivity contribution in [2.24, 2.45) is 5.16 Å². The molecule has 150 valence electrons. The van der Waals surface area contributed by atoms with Crippen LogP contribution in [-0.4, -0.2) is 31.9 Å². The first kappa shape index (κ1) is 20.3. The number of benzene rings is 3. The minimum absolute atomic E-state index is 0.0212. The molecule has 3 aromatic rings. The SMILES string of the molecule is CCN(C(=O)CO/N=C/c1ccccc1OC(F)F)c1cccc2ccccc12. The topological polar surface area (TPSA) is 51.1 Å². The minimum atomic E-state index is -2.94. The predicted octanol–water partition coefficient (Wildman–Crippen LogP) is 4.84. The first-order chi connectivity index (χ1) is 14.1. The molecule has 3 aromatic carbocycles. The van der Waals surface area contributed by atoms with Gasteiger partial charge in [-0.3, -0.25) is 4.79 Å². The van der Waals surface area contributed by atoms with Gasteiger partial charge in [0.1, 0.15) is 5.75 Å². The summed E-state index contributed by atoms with van der Waals surface area (Å²) in [6.45, 7) is -0.886. The molecule has 0 aliphatic heterocycles. The Morgan fingerprint density at radius 2 is 1.79 bits per heavy atom. The number of rotatable bonds is 8. The number of halogens is 2. The van der Waals surface area contributed by atoms with Crippen LogP contribution in [0.1, 0.15) is 12.5 Å². The van der Waals surface area contributed by atoms with Crippen LogP contribution in [0.5, 0.6) is 5.75 Å². The maximum Gasteiger partial charge on any atom is 0.387 e. The van der Waals surface area contributed by atoms with E-state index in [0.29, 0.717) is 12.1 Å². The van der Waals surface area contributed by atoms with Gasteiger partial charge in [-0.1, -0.05) is 53.7 Å². The molecule has 0 fully saturated rings. The highest BCUT2D eigenvalue weighted by Gasteiger charge is 2.16. The molecule has 0 unspecified atom stereocenters.